The van der Waals surface area contributed by atoms with Crippen LogP contribution in [0.3, 0.4) is 0 Å². The summed E-state index contributed by atoms with van der Waals surface area (Å²) in [6, 6.07) is 20.8. The second-order valence-electron chi connectivity index (χ2n) is 8.31. The van der Waals surface area contributed by atoms with E-state index in [9.17, 15) is 13.2 Å². The Morgan fingerprint density at radius 3 is 2.19 bits per heavy atom. The first-order chi connectivity index (χ1) is 14.5. The minimum Gasteiger partial charge on any atom is -0.322 e. The molecule has 0 saturated carbocycles. The highest BCUT2D eigenvalue weighted by Gasteiger charge is 2.16. The van der Waals surface area contributed by atoms with Crippen molar-refractivity contribution in [3.05, 3.63) is 94.5 Å². The lowest BCUT2D eigenvalue weighted by Crippen LogP contribution is -2.16. The topological polar surface area (TPSA) is 75.3 Å². The second-order valence-corrected chi connectivity index (χ2v) is 10.4. The molecule has 2 N–H and O–H groups in total. The molecule has 0 aromatic heterocycles. The molecule has 0 fully saturated rings. The zero-order valence-corrected chi connectivity index (χ0v) is 19.2. The van der Waals surface area contributed by atoms with E-state index >= 15 is 0 Å². The monoisotopic (exact) mass is 456 g/mol. The molecule has 0 heterocycles. The van der Waals surface area contributed by atoms with Gasteiger partial charge in [0.25, 0.3) is 5.91 Å². The first kappa shape index (κ1) is 22.8. The van der Waals surface area contributed by atoms with Crippen LogP contribution in [0.2, 0.25) is 5.02 Å². The van der Waals surface area contributed by atoms with Gasteiger partial charge in [0.2, 0.25) is 10.0 Å². The third-order valence-electron chi connectivity index (χ3n) is 4.71. The number of anilines is 2. The fourth-order valence-corrected chi connectivity index (χ4v) is 4.52. The van der Waals surface area contributed by atoms with Gasteiger partial charge in [-0.05, 0) is 52.9 Å². The Balaban J connectivity index is 1.70. The predicted octanol–water partition coefficient (Wildman–Crippen LogP) is 5.83. The van der Waals surface area contributed by atoms with Crippen LogP contribution in [0, 0.1) is 0 Å². The predicted molar refractivity (Wildman–Crippen MR) is 127 cm³/mol. The average Bonchev–Trinajstić information content (AvgIpc) is 2.69. The molecule has 0 aliphatic rings. The van der Waals surface area contributed by atoms with Crippen LogP contribution >= 0.6 is 11.6 Å². The third-order valence-corrected chi connectivity index (χ3v) is 6.32. The first-order valence-corrected chi connectivity index (χ1v) is 11.8. The number of benzene rings is 3. The summed E-state index contributed by atoms with van der Waals surface area (Å²) in [5, 5.41) is 3.20. The number of hydrogen-bond donors (Lipinski definition) is 2. The fourth-order valence-electron chi connectivity index (χ4n) is 3.02. The largest absolute Gasteiger partial charge is 0.322 e. The van der Waals surface area contributed by atoms with Gasteiger partial charge in [0.15, 0.2) is 0 Å². The zero-order valence-electron chi connectivity index (χ0n) is 17.6. The van der Waals surface area contributed by atoms with E-state index in [1.54, 1.807) is 60.7 Å². The molecule has 0 bridgehead atoms. The maximum absolute atomic E-state index is 12.6. The van der Waals surface area contributed by atoms with Crippen molar-refractivity contribution in [1.29, 1.82) is 0 Å². The lowest BCUT2D eigenvalue weighted by atomic mass is 9.87. The van der Waals surface area contributed by atoms with Crippen molar-refractivity contribution >= 4 is 38.9 Å². The minimum absolute atomic E-state index is 0.00444. The summed E-state index contributed by atoms with van der Waals surface area (Å²) >= 11 is 6.07. The average molecular weight is 457 g/mol. The van der Waals surface area contributed by atoms with E-state index in [-0.39, 0.29) is 17.1 Å². The summed E-state index contributed by atoms with van der Waals surface area (Å²) in [7, 11) is -3.67. The van der Waals surface area contributed by atoms with Gasteiger partial charge in [-0.1, -0.05) is 68.8 Å². The van der Waals surface area contributed by atoms with Crippen LogP contribution in [-0.2, 0) is 21.2 Å². The van der Waals surface area contributed by atoms with E-state index in [2.05, 4.69) is 30.8 Å². The third kappa shape index (κ3) is 6.32. The van der Waals surface area contributed by atoms with E-state index in [4.69, 9.17) is 11.6 Å². The van der Waals surface area contributed by atoms with Gasteiger partial charge in [-0.15, -0.1) is 0 Å². The number of sulfonamides is 1. The number of halogens is 1. The number of carbonyl (C=O) groups excluding carboxylic acids is 1. The van der Waals surface area contributed by atoms with Gasteiger partial charge in [-0.3, -0.25) is 9.52 Å². The van der Waals surface area contributed by atoms with Crippen molar-refractivity contribution in [2.75, 3.05) is 10.0 Å². The molecule has 0 aliphatic heterocycles. The summed E-state index contributed by atoms with van der Waals surface area (Å²) in [6.07, 6.45) is 0. The standard InChI is InChI=1S/C24H25ClN2O3S/c1-24(2,3)19-13-11-17(12-14-19)23(28)26-20-8-6-9-21(15-20)27-31(29,30)16-18-7-4-5-10-22(18)25/h4-15,27H,16H2,1-3H3,(H,26,28). The van der Waals surface area contributed by atoms with Crippen LogP contribution in [0.5, 0.6) is 0 Å². The van der Waals surface area contributed by atoms with Crippen molar-refractivity contribution < 1.29 is 13.2 Å². The zero-order chi connectivity index (χ0) is 22.6. The van der Waals surface area contributed by atoms with Gasteiger partial charge < -0.3 is 5.32 Å². The quantitative estimate of drug-likeness (QED) is 0.489. The number of carbonyl (C=O) groups is 1. The van der Waals surface area contributed by atoms with Gasteiger partial charge in [0.1, 0.15) is 0 Å². The van der Waals surface area contributed by atoms with Gasteiger partial charge in [0.05, 0.1) is 11.4 Å². The molecule has 0 aliphatic carbocycles. The normalized spacial score (nSPS) is 11.7. The van der Waals surface area contributed by atoms with E-state index in [0.717, 1.165) is 5.56 Å². The summed E-state index contributed by atoms with van der Waals surface area (Å²) in [5.41, 5.74) is 3.03. The molecule has 0 spiro atoms. The maximum atomic E-state index is 12.6. The maximum Gasteiger partial charge on any atom is 0.255 e. The Bertz CT molecular complexity index is 1180. The molecule has 162 valence electrons. The molecule has 7 heteroatoms. The molecule has 3 aromatic rings. The summed E-state index contributed by atoms with van der Waals surface area (Å²) in [4.78, 5) is 12.6. The Hall–Kier alpha value is -2.83. The Kier molecular flexibility index (Phi) is 6.72. The Morgan fingerprint density at radius 1 is 0.903 bits per heavy atom. The highest BCUT2D eigenvalue weighted by Crippen LogP contribution is 2.24. The van der Waals surface area contributed by atoms with Crippen LogP contribution in [0.4, 0.5) is 11.4 Å². The van der Waals surface area contributed by atoms with Gasteiger partial charge >= 0.3 is 0 Å². The van der Waals surface area contributed by atoms with E-state index < -0.39 is 10.0 Å². The molecule has 3 rings (SSSR count). The molecule has 31 heavy (non-hydrogen) atoms. The van der Waals surface area contributed by atoms with Crippen LogP contribution in [0.15, 0.2) is 72.8 Å². The molecular formula is C24H25ClN2O3S. The Labute approximate surface area is 188 Å². The van der Waals surface area contributed by atoms with Crippen LogP contribution < -0.4 is 10.0 Å². The van der Waals surface area contributed by atoms with Crippen LogP contribution in [0.1, 0.15) is 42.3 Å². The van der Waals surface area contributed by atoms with E-state index in [1.807, 2.05) is 12.1 Å². The molecule has 0 atom stereocenters. The molecule has 5 nitrogen and oxygen atoms in total. The molecule has 0 unspecified atom stereocenters. The lowest BCUT2D eigenvalue weighted by molar-refractivity contribution is 0.102. The van der Waals surface area contributed by atoms with Crippen molar-refractivity contribution in [2.45, 2.75) is 31.9 Å². The van der Waals surface area contributed by atoms with Crippen molar-refractivity contribution in [3.63, 3.8) is 0 Å². The summed E-state index contributed by atoms with van der Waals surface area (Å²) in [5.74, 6) is -0.514. The lowest BCUT2D eigenvalue weighted by Gasteiger charge is -2.19. The summed E-state index contributed by atoms with van der Waals surface area (Å²) < 4.78 is 27.6. The first-order valence-electron chi connectivity index (χ1n) is 9.79. The number of rotatable bonds is 6. The van der Waals surface area contributed by atoms with E-state index in [1.165, 1.54) is 0 Å². The minimum atomic E-state index is -3.67. The molecule has 1 amide bonds. The number of hydrogen-bond acceptors (Lipinski definition) is 3. The highest BCUT2D eigenvalue weighted by molar-refractivity contribution is 7.91. The molecule has 0 radical (unpaired) electrons. The van der Waals surface area contributed by atoms with Crippen molar-refractivity contribution in [3.8, 4) is 0 Å². The smallest absolute Gasteiger partial charge is 0.255 e. The molecule has 3 aromatic carbocycles. The van der Waals surface area contributed by atoms with Crippen molar-refractivity contribution in [2.24, 2.45) is 0 Å². The van der Waals surface area contributed by atoms with Crippen LogP contribution in [-0.4, -0.2) is 14.3 Å². The van der Waals surface area contributed by atoms with Crippen LogP contribution in [0.25, 0.3) is 0 Å². The van der Waals surface area contributed by atoms with Gasteiger partial charge in [-0.25, -0.2) is 8.42 Å². The Morgan fingerprint density at radius 2 is 1.55 bits per heavy atom. The highest BCUT2D eigenvalue weighted by atomic mass is 35.5. The number of amides is 1. The second kappa shape index (κ2) is 9.12. The fraction of sp³-hybridized carbons (Fsp3) is 0.208. The van der Waals surface area contributed by atoms with Crippen molar-refractivity contribution in [1.82, 2.24) is 0 Å². The van der Waals surface area contributed by atoms with Gasteiger partial charge in [-0.2, -0.15) is 0 Å². The SMILES string of the molecule is CC(C)(C)c1ccc(C(=O)Nc2cccc(NS(=O)(=O)Cc3ccccc3Cl)c2)cc1. The number of nitrogens with one attached hydrogen (secondary N) is 2. The molecular weight excluding hydrogens is 432 g/mol. The summed E-state index contributed by atoms with van der Waals surface area (Å²) in [6.45, 7) is 6.33. The van der Waals surface area contributed by atoms with E-state index in [0.29, 0.717) is 27.5 Å². The van der Waals surface area contributed by atoms with Gasteiger partial charge in [0, 0.05) is 16.3 Å². The molecule has 0 saturated heterocycles.